The normalized spacial score (nSPS) is 17.1. The van der Waals surface area contributed by atoms with E-state index >= 15 is 0 Å². The maximum Gasteiger partial charge on any atom is 0.337 e. The molecule has 0 aliphatic carbocycles. The Kier molecular flexibility index (Phi) is 2.96. The Balaban J connectivity index is 2.29. The van der Waals surface area contributed by atoms with Gasteiger partial charge in [-0.25, -0.2) is 4.79 Å². The van der Waals surface area contributed by atoms with Crippen LogP contribution >= 0.6 is 0 Å². The van der Waals surface area contributed by atoms with Gasteiger partial charge in [-0.1, -0.05) is 13.8 Å². The molecule has 1 aromatic rings. The zero-order valence-corrected chi connectivity index (χ0v) is 10.3. The Hall–Kier alpha value is -1.71. The second-order valence-electron chi connectivity index (χ2n) is 4.89. The lowest BCUT2D eigenvalue weighted by molar-refractivity contribution is 0.0600. The second kappa shape index (κ2) is 4.28. The van der Waals surface area contributed by atoms with Crippen LogP contribution in [0.25, 0.3) is 0 Å². The van der Waals surface area contributed by atoms with Gasteiger partial charge in [-0.05, 0) is 18.2 Å². The van der Waals surface area contributed by atoms with E-state index in [1.165, 1.54) is 7.11 Å². The Labute approximate surface area is 100 Å². The fourth-order valence-corrected chi connectivity index (χ4v) is 1.57. The first-order valence-electron chi connectivity index (χ1n) is 5.50. The molecule has 4 heteroatoms. The van der Waals surface area contributed by atoms with E-state index in [0.717, 1.165) is 0 Å². The van der Waals surface area contributed by atoms with E-state index in [1.54, 1.807) is 18.2 Å². The summed E-state index contributed by atoms with van der Waals surface area (Å²) >= 11 is 0. The van der Waals surface area contributed by atoms with Crippen LogP contribution in [0.1, 0.15) is 24.2 Å². The van der Waals surface area contributed by atoms with Crippen molar-refractivity contribution in [3.63, 3.8) is 0 Å². The summed E-state index contributed by atoms with van der Waals surface area (Å²) in [4.78, 5) is 11.4. The number of hydrogen-bond acceptors (Lipinski definition) is 4. The van der Waals surface area contributed by atoms with Crippen molar-refractivity contribution in [3.8, 4) is 11.5 Å². The number of esters is 1. The van der Waals surface area contributed by atoms with Crippen LogP contribution in [0.5, 0.6) is 11.5 Å². The third-order valence-electron chi connectivity index (χ3n) is 2.60. The van der Waals surface area contributed by atoms with Gasteiger partial charge in [0.15, 0.2) is 11.5 Å². The second-order valence-corrected chi connectivity index (χ2v) is 4.89. The first kappa shape index (κ1) is 11.8. The van der Waals surface area contributed by atoms with E-state index in [-0.39, 0.29) is 11.4 Å². The van der Waals surface area contributed by atoms with Crippen LogP contribution in [0.15, 0.2) is 18.2 Å². The van der Waals surface area contributed by atoms with E-state index in [4.69, 9.17) is 9.47 Å². The summed E-state index contributed by atoms with van der Waals surface area (Å²) in [6.07, 6.45) is 0. The number of carbonyl (C=O) groups excluding carboxylic acids is 1. The van der Waals surface area contributed by atoms with Crippen molar-refractivity contribution in [2.75, 3.05) is 20.3 Å². The van der Waals surface area contributed by atoms with E-state index in [0.29, 0.717) is 30.3 Å². The van der Waals surface area contributed by atoms with Crippen LogP contribution < -0.4 is 9.47 Å². The maximum atomic E-state index is 11.4. The molecule has 0 saturated carbocycles. The van der Waals surface area contributed by atoms with Gasteiger partial charge >= 0.3 is 5.97 Å². The van der Waals surface area contributed by atoms with Crippen LogP contribution in [-0.2, 0) is 4.74 Å². The molecular weight excluding hydrogens is 220 g/mol. The molecule has 0 unspecified atom stereocenters. The molecule has 1 aromatic carbocycles. The zero-order chi connectivity index (χ0) is 12.5. The van der Waals surface area contributed by atoms with Gasteiger partial charge in [-0.3, -0.25) is 0 Å². The van der Waals surface area contributed by atoms with Crippen molar-refractivity contribution < 1.29 is 19.0 Å². The van der Waals surface area contributed by atoms with E-state index in [9.17, 15) is 4.79 Å². The fourth-order valence-electron chi connectivity index (χ4n) is 1.57. The SMILES string of the molecule is COC(=O)c1ccc2c(c1)OCC(C)(C)CO2. The summed E-state index contributed by atoms with van der Waals surface area (Å²) in [7, 11) is 1.36. The Morgan fingerprint density at radius 3 is 2.53 bits per heavy atom. The number of ether oxygens (including phenoxy) is 3. The van der Waals surface area contributed by atoms with Crippen molar-refractivity contribution in [1.29, 1.82) is 0 Å². The highest BCUT2D eigenvalue weighted by Crippen LogP contribution is 2.34. The molecule has 1 heterocycles. The monoisotopic (exact) mass is 236 g/mol. The molecule has 0 spiro atoms. The van der Waals surface area contributed by atoms with Crippen molar-refractivity contribution in [1.82, 2.24) is 0 Å². The molecule has 1 aliphatic heterocycles. The van der Waals surface area contributed by atoms with Gasteiger partial charge in [0.1, 0.15) is 0 Å². The Morgan fingerprint density at radius 2 is 1.88 bits per heavy atom. The number of benzene rings is 1. The maximum absolute atomic E-state index is 11.4. The Bertz CT molecular complexity index is 437. The predicted octanol–water partition coefficient (Wildman–Crippen LogP) is 2.27. The van der Waals surface area contributed by atoms with E-state index in [2.05, 4.69) is 18.6 Å². The lowest BCUT2D eigenvalue weighted by Gasteiger charge is -2.19. The van der Waals surface area contributed by atoms with Gasteiger partial charge in [0.05, 0.1) is 25.9 Å². The van der Waals surface area contributed by atoms with Crippen molar-refractivity contribution in [2.24, 2.45) is 5.41 Å². The van der Waals surface area contributed by atoms with Crippen LogP contribution in [0.4, 0.5) is 0 Å². The van der Waals surface area contributed by atoms with Gasteiger partial charge in [-0.2, -0.15) is 0 Å². The molecule has 0 radical (unpaired) electrons. The van der Waals surface area contributed by atoms with E-state index < -0.39 is 0 Å². The lowest BCUT2D eigenvalue weighted by atomic mass is 9.97. The molecule has 0 amide bonds. The smallest absolute Gasteiger partial charge is 0.337 e. The highest BCUT2D eigenvalue weighted by molar-refractivity contribution is 5.90. The number of rotatable bonds is 1. The number of carbonyl (C=O) groups is 1. The van der Waals surface area contributed by atoms with Crippen molar-refractivity contribution in [2.45, 2.75) is 13.8 Å². The van der Waals surface area contributed by atoms with Crippen molar-refractivity contribution >= 4 is 5.97 Å². The first-order valence-corrected chi connectivity index (χ1v) is 5.50. The minimum absolute atomic E-state index is 0.0373. The van der Waals surface area contributed by atoms with Crippen molar-refractivity contribution in [3.05, 3.63) is 23.8 Å². The number of hydrogen-bond donors (Lipinski definition) is 0. The van der Waals surface area contributed by atoms with Gasteiger partial charge in [0.2, 0.25) is 0 Å². The molecule has 2 rings (SSSR count). The average Bonchev–Trinajstić information content (AvgIpc) is 2.47. The molecule has 1 aliphatic rings. The van der Waals surface area contributed by atoms with Gasteiger partial charge < -0.3 is 14.2 Å². The zero-order valence-electron chi connectivity index (χ0n) is 10.3. The largest absolute Gasteiger partial charge is 0.489 e. The van der Waals surface area contributed by atoms with Crippen LogP contribution in [0, 0.1) is 5.41 Å². The third-order valence-corrected chi connectivity index (χ3v) is 2.60. The third kappa shape index (κ3) is 2.52. The molecule has 4 nitrogen and oxygen atoms in total. The average molecular weight is 236 g/mol. The summed E-state index contributed by atoms with van der Waals surface area (Å²) in [5.41, 5.74) is 0.430. The summed E-state index contributed by atoms with van der Waals surface area (Å²) in [6, 6.07) is 5.07. The number of fused-ring (bicyclic) bond motifs is 1. The van der Waals surface area contributed by atoms with Gasteiger partial charge in [0.25, 0.3) is 0 Å². The number of methoxy groups -OCH3 is 1. The minimum atomic E-state index is -0.375. The quantitative estimate of drug-likeness (QED) is 0.702. The highest BCUT2D eigenvalue weighted by Gasteiger charge is 2.25. The first-order chi connectivity index (χ1) is 8.02. The fraction of sp³-hybridized carbons (Fsp3) is 0.462. The van der Waals surface area contributed by atoms with Crippen LogP contribution in [-0.4, -0.2) is 26.3 Å². The molecule has 0 fully saturated rings. The summed E-state index contributed by atoms with van der Waals surface area (Å²) < 4.78 is 16.0. The molecule has 0 saturated heterocycles. The van der Waals surface area contributed by atoms with Crippen LogP contribution in [0.3, 0.4) is 0 Å². The summed E-state index contributed by atoms with van der Waals surface area (Å²) in [6.45, 7) is 5.29. The predicted molar refractivity (Wildman–Crippen MR) is 62.6 cm³/mol. The molecular formula is C13H16O4. The molecule has 0 N–H and O–H groups in total. The molecule has 17 heavy (non-hydrogen) atoms. The topological polar surface area (TPSA) is 44.8 Å². The lowest BCUT2D eigenvalue weighted by Crippen LogP contribution is -2.26. The van der Waals surface area contributed by atoms with Gasteiger partial charge in [0, 0.05) is 5.41 Å². The molecule has 0 atom stereocenters. The highest BCUT2D eigenvalue weighted by atomic mass is 16.5. The van der Waals surface area contributed by atoms with Crippen LogP contribution in [0.2, 0.25) is 0 Å². The van der Waals surface area contributed by atoms with E-state index in [1.807, 2.05) is 0 Å². The Morgan fingerprint density at radius 1 is 1.24 bits per heavy atom. The van der Waals surface area contributed by atoms with Gasteiger partial charge in [-0.15, -0.1) is 0 Å². The molecule has 0 aromatic heterocycles. The minimum Gasteiger partial charge on any atom is -0.489 e. The summed E-state index contributed by atoms with van der Waals surface area (Å²) in [5.74, 6) is 0.890. The standard InChI is InChI=1S/C13H16O4/c1-13(2)7-16-10-5-4-9(12(14)15-3)6-11(10)17-8-13/h4-6H,7-8H2,1-3H3. The molecule has 0 bridgehead atoms. The summed E-state index contributed by atoms with van der Waals surface area (Å²) in [5, 5.41) is 0. The molecule has 92 valence electrons.